The van der Waals surface area contributed by atoms with Crippen molar-refractivity contribution in [3.05, 3.63) is 98.4 Å². The molecule has 2 aromatic heterocycles. The summed E-state index contributed by atoms with van der Waals surface area (Å²) in [5.41, 5.74) is -0.328. The van der Waals surface area contributed by atoms with Crippen molar-refractivity contribution in [2.75, 3.05) is 12.4 Å². The van der Waals surface area contributed by atoms with Crippen molar-refractivity contribution in [1.29, 1.82) is 0 Å². The Bertz CT molecular complexity index is 1610. The minimum Gasteiger partial charge on any atom is -0.469 e. The molecule has 0 radical (unpaired) electrons. The van der Waals surface area contributed by atoms with Crippen LogP contribution in [0.4, 0.5) is 20.4 Å². The number of carbonyl (C=O) groups is 1. The lowest BCUT2D eigenvalue weighted by molar-refractivity contribution is -0.145. The average Bonchev–Trinajstić information content (AvgIpc) is 2.95. The van der Waals surface area contributed by atoms with E-state index in [0.29, 0.717) is 22.0 Å². The molecule has 4 aromatic rings. The van der Waals surface area contributed by atoms with E-state index in [9.17, 15) is 23.2 Å². The number of hydrogen-bond acceptors (Lipinski definition) is 9. The predicted molar refractivity (Wildman–Crippen MR) is 145 cm³/mol. The zero-order valence-electron chi connectivity index (χ0n) is 21.8. The fourth-order valence-corrected chi connectivity index (χ4v) is 3.83. The summed E-state index contributed by atoms with van der Waals surface area (Å²) in [4.78, 5) is 46.2. The molecule has 214 valence electrons. The summed E-state index contributed by atoms with van der Waals surface area (Å²) in [6, 6.07) is 15.9. The molecule has 4 rings (SSSR count). The Morgan fingerprint density at radius 2 is 1.68 bits per heavy atom. The first kappa shape index (κ1) is 29.2. The highest BCUT2D eigenvalue weighted by Crippen LogP contribution is 2.24. The van der Waals surface area contributed by atoms with Crippen LogP contribution in [0, 0.1) is 5.92 Å². The number of esters is 1. The van der Waals surface area contributed by atoms with Crippen LogP contribution < -0.4 is 26.2 Å². The van der Waals surface area contributed by atoms with Crippen molar-refractivity contribution in [3.8, 4) is 17.4 Å². The van der Waals surface area contributed by atoms with Gasteiger partial charge in [-0.1, -0.05) is 30.7 Å². The summed E-state index contributed by atoms with van der Waals surface area (Å²) in [5, 5.41) is 3.50. The van der Waals surface area contributed by atoms with E-state index in [-0.39, 0.29) is 30.7 Å². The van der Waals surface area contributed by atoms with Crippen molar-refractivity contribution >= 4 is 29.2 Å². The fourth-order valence-electron chi connectivity index (χ4n) is 3.70. The molecule has 0 aliphatic carbocycles. The van der Waals surface area contributed by atoms with E-state index < -0.39 is 29.9 Å². The van der Waals surface area contributed by atoms with Gasteiger partial charge in [-0.3, -0.25) is 9.36 Å². The molecule has 41 heavy (non-hydrogen) atoms. The first-order valence-corrected chi connectivity index (χ1v) is 12.5. The van der Waals surface area contributed by atoms with Crippen LogP contribution in [0.3, 0.4) is 0 Å². The van der Waals surface area contributed by atoms with E-state index in [4.69, 9.17) is 21.1 Å². The summed E-state index contributed by atoms with van der Waals surface area (Å²) in [6.07, 6.45) is 1.11. The molecule has 0 bridgehead atoms. The zero-order chi connectivity index (χ0) is 29.5. The van der Waals surface area contributed by atoms with Crippen LogP contribution in [-0.4, -0.2) is 38.8 Å². The molecule has 2 aromatic carbocycles. The lowest BCUT2D eigenvalue weighted by atomic mass is 10.2. The average molecular weight is 588 g/mol. The molecule has 0 spiro atoms. The number of nitrogens with one attached hydrogen (secondary N) is 1. The topological polar surface area (TPSA) is 127 Å². The number of hydrogen-bond donors (Lipinski definition) is 1. The van der Waals surface area contributed by atoms with Gasteiger partial charge in [0.25, 0.3) is 0 Å². The van der Waals surface area contributed by atoms with E-state index in [1.807, 2.05) is 0 Å². The molecule has 0 aliphatic rings. The maximum absolute atomic E-state index is 13.4. The molecule has 0 aliphatic heterocycles. The number of nitrogens with zero attached hydrogens (tertiary/aromatic N) is 4. The molecule has 2 heterocycles. The lowest BCUT2D eigenvalue weighted by Crippen LogP contribution is -2.44. The first-order chi connectivity index (χ1) is 19.6. The second kappa shape index (κ2) is 13.0. The molecule has 1 atom stereocenters. The van der Waals surface area contributed by atoms with Gasteiger partial charge in [0.15, 0.2) is 0 Å². The van der Waals surface area contributed by atoms with E-state index in [1.54, 1.807) is 48.5 Å². The number of methoxy groups -OCH3 is 1. The van der Waals surface area contributed by atoms with Crippen LogP contribution in [0.5, 0.6) is 17.4 Å². The van der Waals surface area contributed by atoms with E-state index >= 15 is 0 Å². The van der Waals surface area contributed by atoms with Gasteiger partial charge in [-0.2, -0.15) is 13.8 Å². The molecule has 0 unspecified atom stereocenters. The van der Waals surface area contributed by atoms with Gasteiger partial charge < -0.3 is 19.5 Å². The van der Waals surface area contributed by atoms with Gasteiger partial charge in [0, 0.05) is 23.3 Å². The van der Waals surface area contributed by atoms with Crippen molar-refractivity contribution in [1.82, 2.24) is 19.1 Å². The second-order valence-electron chi connectivity index (χ2n) is 8.71. The van der Waals surface area contributed by atoms with Gasteiger partial charge >= 0.3 is 24.0 Å². The Labute approximate surface area is 236 Å². The maximum atomic E-state index is 13.4. The molecule has 11 nitrogen and oxygen atoms in total. The highest BCUT2D eigenvalue weighted by Gasteiger charge is 2.20. The maximum Gasteiger partial charge on any atom is 0.387 e. The fraction of sp³-hybridized carbons (Fsp3) is 0.222. The van der Waals surface area contributed by atoms with Gasteiger partial charge in [-0.25, -0.2) is 19.1 Å². The minimum absolute atomic E-state index is 0.0260. The Hall–Kier alpha value is -4.78. The molecular weight excluding hydrogens is 564 g/mol. The smallest absolute Gasteiger partial charge is 0.387 e. The number of benzene rings is 2. The van der Waals surface area contributed by atoms with E-state index in [1.165, 1.54) is 30.7 Å². The highest BCUT2D eigenvalue weighted by molar-refractivity contribution is 6.30. The Balaban J connectivity index is 1.59. The van der Waals surface area contributed by atoms with E-state index in [2.05, 4.69) is 20.0 Å². The van der Waals surface area contributed by atoms with Gasteiger partial charge in [0.2, 0.25) is 11.8 Å². The number of rotatable bonds is 11. The monoisotopic (exact) mass is 587 g/mol. The van der Waals surface area contributed by atoms with Crippen LogP contribution in [-0.2, 0) is 22.6 Å². The standard InChI is InChI=1S/C27H24ClF2N5O6/c1-16(23(36)39-2)14-35-26(37)33-25(34(27(35)38)15-17-3-5-18(28)6-4-17)32-19-7-9-20(10-8-19)40-22-12-11-21(13-31-22)41-24(29)30/h3-13,16,24H,14-15H2,1-2H3,(H,32,33,37)/t16-/m0/s1. The molecule has 0 fully saturated rings. The number of halogens is 3. The third-order valence-electron chi connectivity index (χ3n) is 5.73. The quantitative estimate of drug-likeness (QED) is 0.253. The third kappa shape index (κ3) is 7.66. The summed E-state index contributed by atoms with van der Waals surface area (Å²) in [6.45, 7) is -1.58. The number of ether oxygens (including phenoxy) is 3. The van der Waals surface area contributed by atoms with E-state index in [0.717, 1.165) is 10.8 Å². The lowest BCUT2D eigenvalue weighted by Gasteiger charge is -2.17. The SMILES string of the molecule is COC(=O)[C@@H](C)Cn1c(=O)nc(Nc2ccc(Oc3ccc(OC(F)F)cn3)cc2)n(Cc2ccc(Cl)cc2)c1=O. The van der Waals surface area contributed by atoms with Crippen LogP contribution >= 0.6 is 11.6 Å². The van der Waals surface area contributed by atoms with Gasteiger partial charge in [-0.15, -0.1) is 0 Å². The minimum atomic E-state index is -2.96. The number of carbonyl (C=O) groups excluding carboxylic acids is 1. The molecule has 0 saturated heterocycles. The molecule has 0 amide bonds. The number of alkyl halides is 2. The molecule has 14 heteroatoms. The van der Waals surface area contributed by atoms with Crippen molar-refractivity contribution < 1.29 is 27.8 Å². The van der Waals surface area contributed by atoms with Crippen molar-refractivity contribution in [3.63, 3.8) is 0 Å². The van der Waals surface area contributed by atoms with Crippen LogP contribution in [0.25, 0.3) is 0 Å². The summed E-state index contributed by atoms with van der Waals surface area (Å²) >= 11 is 5.99. The van der Waals surface area contributed by atoms with Gasteiger partial charge in [-0.05, 0) is 48.0 Å². The number of aromatic nitrogens is 4. The molecule has 1 N–H and O–H groups in total. The number of anilines is 2. The zero-order valence-corrected chi connectivity index (χ0v) is 22.5. The van der Waals surface area contributed by atoms with Crippen molar-refractivity contribution in [2.24, 2.45) is 5.92 Å². The normalized spacial score (nSPS) is 11.7. The van der Waals surface area contributed by atoms with Crippen LogP contribution in [0.15, 0.2) is 76.4 Å². The Kier molecular flexibility index (Phi) is 9.30. The molecular formula is C27H24ClF2N5O6. The Morgan fingerprint density at radius 1 is 1.00 bits per heavy atom. The second-order valence-corrected chi connectivity index (χ2v) is 9.15. The summed E-state index contributed by atoms with van der Waals surface area (Å²) < 4.78 is 41.4. The summed E-state index contributed by atoms with van der Waals surface area (Å²) in [5.74, 6) is -0.935. The third-order valence-corrected chi connectivity index (χ3v) is 5.98. The predicted octanol–water partition coefficient (Wildman–Crippen LogP) is 4.45. The van der Waals surface area contributed by atoms with Gasteiger partial charge in [0.05, 0.1) is 25.8 Å². The largest absolute Gasteiger partial charge is 0.469 e. The van der Waals surface area contributed by atoms with Crippen molar-refractivity contribution in [2.45, 2.75) is 26.6 Å². The van der Waals surface area contributed by atoms with Crippen LogP contribution in [0.1, 0.15) is 12.5 Å². The van der Waals surface area contributed by atoms with Gasteiger partial charge in [0.1, 0.15) is 11.5 Å². The highest BCUT2D eigenvalue weighted by atomic mass is 35.5. The summed E-state index contributed by atoms with van der Waals surface area (Å²) in [7, 11) is 1.22. The molecule has 0 saturated carbocycles. The number of pyridine rings is 1. The first-order valence-electron chi connectivity index (χ1n) is 12.1. The van der Waals surface area contributed by atoms with Crippen LogP contribution in [0.2, 0.25) is 5.02 Å². The Morgan fingerprint density at radius 3 is 2.29 bits per heavy atom.